The van der Waals surface area contributed by atoms with Crippen LogP contribution < -0.4 is 10.2 Å². The van der Waals surface area contributed by atoms with Gasteiger partial charge in [0, 0.05) is 23.5 Å². The van der Waals surface area contributed by atoms with Gasteiger partial charge >= 0.3 is 5.97 Å². The third kappa shape index (κ3) is 4.54. The van der Waals surface area contributed by atoms with E-state index < -0.39 is 17.9 Å². The van der Waals surface area contributed by atoms with E-state index in [1.54, 1.807) is 4.90 Å². The van der Waals surface area contributed by atoms with Gasteiger partial charge in [-0.15, -0.1) is 11.3 Å². The number of ether oxygens (including phenoxy) is 1. The first kappa shape index (κ1) is 19.1. The summed E-state index contributed by atoms with van der Waals surface area (Å²) >= 11 is 1.47. The number of hydrogen-bond acceptors (Lipinski definition) is 5. The summed E-state index contributed by atoms with van der Waals surface area (Å²) in [4.78, 5) is 39.4. The maximum absolute atomic E-state index is 12.8. The molecule has 2 aromatic rings. The van der Waals surface area contributed by atoms with Crippen LogP contribution in [0, 0.1) is 12.8 Å². The summed E-state index contributed by atoms with van der Waals surface area (Å²) in [7, 11) is 1.32. The molecule has 0 bridgehead atoms. The van der Waals surface area contributed by atoms with E-state index in [9.17, 15) is 14.4 Å². The van der Waals surface area contributed by atoms with Crippen LogP contribution in [0.1, 0.15) is 29.3 Å². The predicted octanol–water partition coefficient (Wildman–Crippen LogP) is 2.83. The van der Waals surface area contributed by atoms with Crippen LogP contribution in [0.15, 0.2) is 41.8 Å². The van der Waals surface area contributed by atoms with Crippen molar-refractivity contribution in [1.82, 2.24) is 5.32 Å². The van der Waals surface area contributed by atoms with E-state index in [1.807, 2.05) is 48.7 Å². The second kappa shape index (κ2) is 8.35. The number of anilines is 1. The van der Waals surface area contributed by atoms with E-state index in [1.165, 1.54) is 18.4 Å². The molecule has 0 saturated carbocycles. The lowest BCUT2D eigenvalue weighted by atomic mass is 10.1. The number of carbonyl (C=O) groups excluding carboxylic acids is 3. The first-order valence-electron chi connectivity index (χ1n) is 8.75. The second-order valence-corrected chi connectivity index (χ2v) is 7.58. The zero-order valence-electron chi connectivity index (χ0n) is 15.3. The Morgan fingerprint density at radius 2 is 2.04 bits per heavy atom. The number of thiophene rings is 1. The van der Waals surface area contributed by atoms with E-state index in [0.717, 1.165) is 16.1 Å². The number of rotatable bonds is 6. The van der Waals surface area contributed by atoms with Gasteiger partial charge in [-0.1, -0.05) is 23.8 Å². The molecule has 27 heavy (non-hydrogen) atoms. The Morgan fingerprint density at radius 3 is 2.67 bits per heavy atom. The minimum Gasteiger partial charge on any atom is -0.469 e. The molecule has 2 amide bonds. The Morgan fingerprint density at radius 1 is 1.30 bits per heavy atom. The van der Waals surface area contributed by atoms with Crippen molar-refractivity contribution in [3.05, 3.63) is 52.2 Å². The van der Waals surface area contributed by atoms with E-state index in [4.69, 9.17) is 4.74 Å². The van der Waals surface area contributed by atoms with Crippen molar-refractivity contribution in [2.45, 2.75) is 25.8 Å². The van der Waals surface area contributed by atoms with Gasteiger partial charge in [0.25, 0.3) is 0 Å². The second-order valence-electron chi connectivity index (χ2n) is 6.60. The zero-order valence-corrected chi connectivity index (χ0v) is 16.1. The summed E-state index contributed by atoms with van der Waals surface area (Å²) in [6, 6.07) is 11.0. The molecule has 0 spiro atoms. The summed E-state index contributed by atoms with van der Waals surface area (Å²) in [5.74, 6) is -1.13. The SMILES string of the molecule is COC(=O)CC(NC(=O)C1CC(=O)N(c2ccc(C)cc2)C1)c1cccs1. The van der Waals surface area contributed by atoms with Crippen LogP contribution in [0.2, 0.25) is 0 Å². The lowest BCUT2D eigenvalue weighted by Crippen LogP contribution is -2.36. The first-order valence-corrected chi connectivity index (χ1v) is 9.63. The highest BCUT2D eigenvalue weighted by molar-refractivity contribution is 7.10. The van der Waals surface area contributed by atoms with Crippen LogP contribution >= 0.6 is 11.3 Å². The summed E-state index contributed by atoms with van der Waals surface area (Å²) in [6.07, 6.45) is 0.222. The highest BCUT2D eigenvalue weighted by Crippen LogP contribution is 2.28. The Kier molecular flexibility index (Phi) is 5.91. The summed E-state index contributed by atoms with van der Waals surface area (Å²) in [5.41, 5.74) is 1.91. The average molecular weight is 386 g/mol. The molecule has 7 heteroatoms. The average Bonchev–Trinajstić information content (AvgIpc) is 3.31. The highest BCUT2D eigenvalue weighted by atomic mass is 32.1. The smallest absolute Gasteiger partial charge is 0.307 e. The van der Waals surface area contributed by atoms with Crippen molar-refractivity contribution < 1.29 is 19.1 Å². The van der Waals surface area contributed by atoms with Crippen molar-refractivity contribution in [1.29, 1.82) is 0 Å². The zero-order chi connectivity index (χ0) is 19.4. The molecule has 142 valence electrons. The van der Waals surface area contributed by atoms with E-state index in [2.05, 4.69) is 5.32 Å². The van der Waals surface area contributed by atoms with Crippen LogP contribution in [0.3, 0.4) is 0 Å². The molecule has 0 aliphatic carbocycles. The Balaban J connectivity index is 1.68. The lowest BCUT2D eigenvalue weighted by molar-refractivity contribution is -0.141. The molecule has 1 aliphatic rings. The fraction of sp³-hybridized carbons (Fsp3) is 0.350. The Bertz CT molecular complexity index is 817. The number of aryl methyl sites for hydroxylation is 1. The third-order valence-electron chi connectivity index (χ3n) is 4.64. The fourth-order valence-electron chi connectivity index (χ4n) is 3.11. The number of methoxy groups -OCH3 is 1. The predicted molar refractivity (Wildman–Crippen MR) is 103 cm³/mol. The van der Waals surface area contributed by atoms with E-state index in [-0.39, 0.29) is 24.7 Å². The van der Waals surface area contributed by atoms with Crippen molar-refractivity contribution >= 4 is 34.8 Å². The minimum atomic E-state index is -0.450. The van der Waals surface area contributed by atoms with Crippen LogP contribution in [0.25, 0.3) is 0 Å². The van der Waals surface area contributed by atoms with Crippen molar-refractivity contribution in [3.8, 4) is 0 Å². The summed E-state index contributed by atoms with van der Waals surface area (Å²) in [5, 5.41) is 4.81. The van der Waals surface area contributed by atoms with Gasteiger partial charge in [0.1, 0.15) is 0 Å². The monoisotopic (exact) mass is 386 g/mol. The number of nitrogens with one attached hydrogen (secondary N) is 1. The summed E-state index contributed by atoms with van der Waals surface area (Å²) in [6.45, 7) is 2.32. The van der Waals surface area contributed by atoms with Gasteiger partial charge in [-0.25, -0.2) is 0 Å². The van der Waals surface area contributed by atoms with Gasteiger partial charge in [0.05, 0.1) is 25.5 Å². The quantitative estimate of drug-likeness (QED) is 0.775. The molecule has 2 heterocycles. The van der Waals surface area contributed by atoms with Crippen LogP contribution in [-0.4, -0.2) is 31.4 Å². The van der Waals surface area contributed by atoms with Gasteiger partial charge < -0.3 is 15.0 Å². The molecule has 3 rings (SSSR count). The number of nitrogens with zero attached hydrogens (tertiary/aromatic N) is 1. The number of benzene rings is 1. The molecule has 0 radical (unpaired) electrons. The molecular weight excluding hydrogens is 364 g/mol. The molecular formula is C20H22N2O4S. The van der Waals surface area contributed by atoms with Gasteiger partial charge in [-0.2, -0.15) is 0 Å². The molecule has 1 N–H and O–H groups in total. The Hall–Kier alpha value is -2.67. The largest absolute Gasteiger partial charge is 0.469 e. The normalized spacial score (nSPS) is 17.6. The molecule has 6 nitrogen and oxygen atoms in total. The van der Waals surface area contributed by atoms with Crippen molar-refractivity contribution in [2.24, 2.45) is 5.92 Å². The molecule has 1 saturated heterocycles. The van der Waals surface area contributed by atoms with E-state index in [0.29, 0.717) is 6.54 Å². The van der Waals surface area contributed by atoms with Gasteiger partial charge in [0.15, 0.2) is 0 Å². The highest BCUT2D eigenvalue weighted by Gasteiger charge is 2.36. The summed E-state index contributed by atoms with van der Waals surface area (Å²) < 4.78 is 4.74. The van der Waals surface area contributed by atoms with Crippen LogP contribution in [0.5, 0.6) is 0 Å². The first-order chi connectivity index (χ1) is 13.0. The molecule has 1 aliphatic heterocycles. The molecule has 2 unspecified atom stereocenters. The Labute approximate surface area is 162 Å². The van der Waals surface area contributed by atoms with Crippen LogP contribution in [0.4, 0.5) is 5.69 Å². The minimum absolute atomic E-state index is 0.0606. The van der Waals surface area contributed by atoms with Crippen molar-refractivity contribution in [2.75, 3.05) is 18.6 Å². The van der Waals surface area contributed by atoms with Crippen LogP contribution in [-0.2, 0) is 19.1 Å². The molecule has 2 atom stereocenters. The van der Waals surface area contributed by atoms with Gasteiger partial charge in [-0.3, -0.25) is 14.4 Å². The van der Waals surface area contributed by atoms with Crippen molar-refractivity contribution in [3.63, 3.8) is 0 Å². The van der Waals surface area contributed by atoms with Gasteiger partial charge in [-0.05, 0) is 30.5 Å². The number of carbonyl (C=O) groups is 3. The topological polar surface area (TPSA) is 75.7 Å². The molecule has 1 aromatic heterocycles. The standard InChI is InChI=1S/C20H22N2O4S/c1-13-5-7-15(8-6-13)22-12-14(10-18(22)23)20(25)21-16(11-19(24)26-2)17-4-3-9-27-17/h3-9,14,16H,10-12H2,1-2H3,(H,21,25). The fourth-order valence-corrected chi connectivity index (χ4v) is 3.89. The number of hydrogen-bond donors (Lipinski definition) is 1. The maximum atomic E-state index is 12.8. The maximum Gasteiger partial charge on any atom is 0.307 e. The number of amides is 2. The lowest BCUT2D eigenvalue weighted by Gasteiger charge is -2.20. The van der Waals surface area contributed by atoms with E-state index >= 15 is 0 Å². The molecule has 1 aromatic carbocycles. The third-order valence-corrected chi connectivity index (χ3v) is 5.63. The van der Waals surface area contributed by atoms with Gasteiger partial charge in [0.2, 0.25) is 11.8 Å². The molecule has 1 fully saturated rings. The number of esters is 1.